The maximum absolute atomic E-state index is 13.5. The molecular weight excluding hydrogens is 841 g/mol. The molecule has 0 bridgehead atoms. The standard InChI is InChI=1S/C55H56N6O6/c1-6-59(7-2)47-26-20-41(21-27-47)32-44(35-56)52(62)65-38-55(5,39-66-53(63)45(36-57)33-42-22-28-48(29-23-42)60(8-3)9-4)40-67-54(64)46(37-58)34-43-24-30-51(31-25-43)61(49-16-12-10-13-17-49)50-18-14-11-15-19-50/h10-18,20-34,50H,6-9,19,38-40H2,1-5H3/b44-32+,45-33+,46-34+. The first-order valence-corrected chi connectivity index (χ1v) is 22.3. The molecule has 5 rings (SSSR count). The summed E-state index contributed by atoms with van der Waals surface area (Å²) in [4.78, 5) is 46.8. The molecule has 0 saturated carbocycles. The van der Waals surface area contributed by atoms with Gasteiger partial charge in [-0.05, 0) is 124 Å². The van der Waals surface area contributed by atoms with E-state index >= 15 is 0 Å². The van der Waals surface area contributed by atoms with Gasteiger partial charge in [0.15, 0.2) is 0 Å². The molecule has 0 aliphatic heterocycles. The molecule has 0 radical (unpaired) electrons. The van der Waals surface area contributed by atoms with Gasteiger partial charge in [0.05, 0.1) is 11.5 Å². The molecule has 0 saturated heterocycles. The van der Waals surface area contributed by atoms with Gasteiger partial charge in [0.25, 0.3) is 0 Å². The van der Waals surface area contributed by atoms with Crippen LogP contribution in [0, 0.1) is 39.4 Å². The van der Waals surface area contributed by atoms with Crippen LogP contribution in [0.5, 0.6) is 0 Å². The molecule has 0 fully saturated rings. The predicted octanol–water partition coefficient (Wildman–Crippen LogP) is 10.2. The predicted molar refractivity (Wildman–Crippen MR) is 263 cm³/mol. The quantitative estimate of drug-likeness (QED) is 0.0338. The summed E-state index contributed by atoms with van der Waals surface area (Å²) in [5, 5.41) is 30.0. The van der Waals surface area contributed by atoms with E-state index in [0.717, 1.165) is 55.3 Å². The maximum atomic E-state index is 13.5. The molecule has 1 aliphatic rings. The van der Waals surface area contributed by atoms with Gasteiger partial charge in [-0.1, -0.05) is 78.9 Å². The number of carbonyl (C=O) groups excluding carboxylic acids is 3. The van der Waals surface area contributed by atoms with Crippen LogP contribution >= 0.6 is 0 Å². The fourth-order valence-corrected chi connectivity index (χ4v) is 7.34. The third-order valence-corrected chi connectivity index (χ3v) is 11.1. The summed E-state index contributed by atoms with van der Waals surface area (Å²) in [5.74, 6) is -2.86. The third kappa shape index (κ3) is 13.9. The van der Waals surface area contributed by atoms with Crippen molar-refractivity contribution in [1.29, 1.82) is 15.8 Å². The molecule has 4 aromatic rings. The molecule has 0 amide bonds. The van der Waals surface area contributed by atoms with Crippen molar-refractivity contribution in [2.45, 2.75) is 47.1 Å². The molecule has 342 valence electrons. The van der Waals surface area contributed by atoms with Crippen LogP contribution in [0.3, 0.4) is 0 Å². The summed E-state index contributed by atoms with van der Waals surface area (Å²) in [6.45, 7) is 11.6. The SMILES string of the molecule is CCN(CC)c1ccc(/C=C(\C#N)C(=O)OCC(C)(COC(=O)/C(C#N)=C/c2ccc(N(CC)CC)cc2)COC(=O)/C(C#N)=C/c2ccc(N(c3ccccc3)C3C=CC=CC3)cc2)cc1. The van der Waals surface area contributed by atoms with Crippen molar-refractivity contribution in [3.8, 4) is 18.2 Å². The van der Waals surface area contributed by atoms with Gasteiger partial charge < -0.3 is 28.9 Å². The first-order valence-electron chi connectivity index (χ1n) is 22.3. The van der Waals surface area contributed by atoms with Crippen molar-refractivity contribution in [2.75, 3.05) is 60.7 Å². The van der Waals surface area contributed by atoms with Crippen molar-refractivity contribution in [3.05, 3.63) is 161 Å². The Morgan fingerprint density at radius 3 is 1.24 bits per heavy atom. The van der Waals surface area contributed by atoms with Gasteiger partial charge in [-0.2, -0.15) is 15.8 Å². The summed E-state index contributed by atoms with van der Waals surface area (Å²) in [6.07, 6.45) is 13.3. The average molecular weight is 897 g/mol. The number of hydrogen-bond acceptors (Lipinski definition) is 12. The summed E-state index contributed by atoms with van der Waals surface area (Å²) >= 11 is 0. The summed E-state index contributed by atoms with van der Waals surface area (Å²) in [7, 11) is 0. The molecule has 1 atom stereocenters. The van der Waals surface area contributed by atoms with Gasteiger partial charge in [0.2, 0.25) is 0 Å². The number of allylic oxidation sites excluding steroid dienone is 2. The number of nitriles is 3. The van der Waals surface area contributed by atoms with E-state index in [-0.39, 0.29) is 22.8 Å². The second kappa shape index (κ2) is 24.8. The Hall–Kier alpha value is -8.14. The lowest BCUT2D eigenvalue weighted by molar-refractivity contribution is -0.155. The van der Waals surface area contributed by atoms with Crippen LogP contribution in [0.1, 0.15) is 57.7 Å². The zero-order valence-electron chi connectivity index (χ0n) is 38.7. The topological polar surface area (TPSA) is 160 Å². The normalized spacial score (nSPS) is 14.4. The maximum Gasteiger partial charge on any atom is 0.348 e. The van der Waals surface area contributed by atoms with E-state index in [1.165, 1.54) is 18.2 Å². The van der Waals surface area contributed by atoms with E-state index in [9.17, 15) is 30.2 Å². The molecule has 12 nitrogen and oxygen atoms in total. The van der Waals surface area contributed by atoms with Crippen LogP contribution < -0.4 is 14.7 Å². The van der Waals surface area contributed by atoms with Crippen LogP contribution in [0.4, 0.5) is 22.7 Å². The minimum absolute atomic E-state index is 0.0846. The van der Waals surface area contributed by atoms with Crippen molar-refractivity contribution in [1.82, 2.24) is 0 Å². The summed E-state index contributed by atoms with van der Waals surface area (Å²) in [6, 6.07) is 38.0. The van der Waals surface area contributed by atoms with Crippen molar-refractivity contribution in [3.63, 3.8) is 0 Å². The number of benzene rings is 4. The number of esters is 3. The van der Waals surface area contributed by atoms with Gasteiger partial charge in [0.1, 0.15) is 54.7 Å². The Labute approximate surface area is 394 Å². The molecule has 1 unspecified atom stereocenters. The highest BCUT2D eigenvalue weighted by atomic mass is 16.6. The highest BCUT2D eigenvalue weighted by Crippen LogP contribution is 2.31. The van der Waals surface area contributed by atoms with Crippen molar-refractivity contribution >= 4 is 58.9 Å². The van der Waals surface area contributed by atoms with Gasteiger partial charge in [-0.25, -0.2) is 14.4 Å². The van der Waals surface area contributed by atoms with Gasteiger partial charge in [0, 0.05) is 48.9 Å². The lowest BCUT2D eigenvalue weighted by Gasteiger charge is -2.32. The van der Waals surface area contributed by atoms with Crippen LogP contribution in [0.15, 0.2) is 144 Å². The molecular formula is C55H56N6O6. The molecule has 67 heavy (non-hydrogen) atoms. The Morgan fingerprint density at radius 1 is 0.552 bits per heavy atom. The fourth-order valence-electron chi connectivity index (χ4n) is 7.34. The zero-order valence-corrected chi connectivity index (χ0v) is 38.7. The lowest BCUT2D eigenvalue weighted by atomic mass is 9.94. The van der Waals surface area contributed by atoms with E-state index in [0.29, 0.717) is 16.7 Å². The minimum atomic E-state index is -1.40. The number of ether oxygens (including phenoxy) is 3. The number of para-hydroxylation sites is 1. The Balaban J connectivity index is 1.34. The first kappa shape index (κ1) is 49.9. The number of anilines is 4. The Kier molecular flexibility index (Phi) is 18.5. The molecule has 12 heteroatoms. The molecule has 0 spiro atoms. The number of hydrogen-bond donors (Lipinski definition) is 0. The van der Waals surface area contributed by atoms with E-state index < -0.39 is 43.1 Å². The molecule has 0 aromatic heterocycles. The van der Waals surface area contributed by atoms with E-state index in [4.69, 9.17) is 14.2 Å². The molecule has 0 heterocycles. The van der Waals surface area contributed by atoms with E-state index in [2.05, 4.69) is 54.5 Å². The largest absolute Gasteiger partial charge is 0.461 e. The summed E-state index contributed by atoms with van der Waals surface area (Å²) in [5.41, 5.74) is 3.43. The Morgan fingerprint density at radius 2 is 0.910 bits per heavy atom. The monoisotopic (exact) mass is 896 g/mol. The van der Waals surface area contributed by atoms with E-state index in [1.807, 2.05) is 97.1 Å². The minimum Gasteiger partial charge on any atom is -0.461 e. The van der Waals surface area contributed by atoms with Crippen molar-refractivity contribution in [2.24, 2.45) is 5.41 Å². The van der Waals surface area contributed by atoms with Crippen LogP contribution in [-0.2, 0) is 28.6 Å². The van der Waals surface area contributed by atoms with Gasteiger partial charge in [-0.3, -0.25) is 0 Å². The van der Waals surface area contributed by atoms with Crippen LogP contribution in [0.2, 0.25) is 0 Å². The fraction of sp³-hybridized carbons (Fsp3) is 0.273. The second-order valence-electron chi connectivity index (χ2n) is 16.0. The third-order valence-electron chi connectivity index (χ3n) is 11.1. The van der Waals surface area contributed by atoms with Crippen LogP contribution in [-0.4, -0.2) is 69.9 Å². The summed E-state index contributed by atoms with van der Waals surface area (Å²) < 4.78 is 16.9. The van der Waals surface area contributed by atoms with Gasteiger partial charge in [-0.15, -0.1) is 0 Å². The van der Waals surface area contributed by atoms with Crippen LogP contribution in [0.25, 0.3) is 18.2 Å². The van der Waals surface area contributed by atoms with E-state index in [1.54, 1.807) is 43.3 Å². The van der Waals surface area contributed by atoms with Gasteiger partial charge >= 0.3 is 17.9 Å². The lowest BCUT2D eigenvalue weighted by Crippen LogP contribution is -2.37. The highest BCUT2D eigenvalue weighted by Gasteiger charge is 2.33. The Bertz CT molecular complexity index is 2500. The number of carbonyl (C=O) groups is 3. The average Bonchev–Trinajstić information content (AvgIpc) is 3.37. The van der Waals surface area contributed by atoms with Crippen molar-refractivity contribution < 1.29 is 28.6 Å². The highest BCUT2D eigenvalue weighted by molar-refractivity contribution is 5.99. The number of rotatable bonds is 21. The smallest absolute Gasteiger partial charge is 0.348 e. The first-order chi connectivity index (χ1) is 32.5. The molecule has 0 N–H and O–H groups in total. The zero-order chi connectivity index (χ0) is 48.2. The molecule has 4 aromatic carbocycles. The number of nitrogens with zero attached hydrogens (tertiary/aromatic N) is 6. The second-order valence-corrected chi connectivity index (χ2v) is 16.0. The molecule has 1 aliphatic carbocycles.